The minimum absolute atomic E-state index is 0.299. The SMILES string of the molecule is Cc1ccc(C)c(N2CCN(S(=O)(=O)c3ccc4nc(-c5ccccc5)[nH]c4c3)CC2)c1. The van der Waals surface area contributed by atoms with Gasteiger partial charge in [0, 0.05) is 37.4 Å². The molecule has 7 heteroatoms. The maximum Gasteiger partial charge on any atom is 0.243 e. The van der Waals surface area contributed by atoms with Gasteiger partial charge in [0.2, 0.25) is 10.0 Å². The first kappa shape index (κ1) is 20.7. The van der Waals surface area contributed by atoms with Gasteiger partial charge in [-0.15, -0.1) is 0 Å². The molecule has 1 aliphatic heterocycles. The number of anilines is 1. The van der Waals surface area contributed by atoms with Crippen molar-refractivity contribution in [3.63, 3.8) is 0 Å². The molecule has 1 aliphatic rings. The number of imidazole rings is 1. The van der Waals surface area contributed by atoms with Crippen molar-refractivity contribution in [1.29, 1.82) is 0 Å². The van der Waals surface area contributed by atoms with Crippen molar-refractivity contribution in [3.05, 3.63) is 77.9 Å². The lowest BCUT2D eigenvalue weighted by Crippen LogP contribution is -2.48. The number of aromatic nitrogens is 2. The summed E-state index contributed by atoms with van der Waals surface area (Å²) in [5, 5.41) is 0. The zero-order valence-corrected chi connectivity index (χ0v) is 19.1. The van der Waals surface area contributed by atoms with Crippen LogP contribution in [0.25, 0.3) is 22.4 Å². The van der Waals surface area contributed by atoms with E-state index in [2.05, 4.69) is 46.9 Å². The predicted octanol–water partition coefficient (Wildman–Crippen LogP) is 4.36. The van der Waals surface area contributed by atoms with E-state index in [1.165, 1.54) is 16.8 Å². The molecule has 1 saturated heterocycles. The summed E-state index contributed by atoms with van der Waals surface area (Å²) in [4.78, 5) is 10.4. The monoisotopic (exact) mass is 446 g/mol. The first-order chi connectivity index (χ1) is 15.4. The van der Waals surface area contributed by atoms with Crippen molar-refractivity contribution in [2.24, 2.45) is 0 Å². The fourth-order valence-electron chi connectivity index (χ4n) is 4.26. The van der Waals surface area contributed by atoms with Gasteiger partial charge >= 0.3 is 0 Å². The third-order valence-corrected chi connectivity index (χ3v) is 7.98. The number of benzene rings is 3. The molecule has 1 fully saturated rings. The van der Waals surface area contributed by atoms with Crippen LogP contribution in [-0.2, 0) is 10.0 Å². The number of sulfonamides is 1. The third-order valence-electron chi connectivity index (χ3n) is 6.08. The Bertz CT molecular complexity index is 1370. The summed E-state index contributed by atoms with van der Waals surface area (Å²) in [5.74, 6) is 0.734. The Morgan fingerprint density at radius 2 is 1.62 bits per heavy atom. The number of aromatic amines is 1. The van der Waals surface area contributed by atoms with Crippen LogP contribution in [0.5, 0.6) is 0 Å². The van der Waals surface area contributed by atoms with Crippen LogP contribution in [0.1, 0.15) is 11.1 Å². The summed E-state index contributed by atoms with van der Waals surface area (Å²) < 4.78 is 28.3. The lowest BCUT2D eigenvalue weighted by atomic mass is 10.1. The minimum atomic E-state index is -3.57. The van der Waals surface area contributed by atoms with Gasteiger partial charge in [0.05, 0.1) is 15.9 Å². The van der Waals surface area contributed by atoms with E-state index in [1.807, 2.05) is 30.3 Å². The Morgan fingerprint density at radius 1 is 0.875 bits per heavy atom. The largest absolute Gasteiger partial charge is 0.369 e. The number of H-pyrrole nitrogens is 1. The first-order valence-corrected chi connectivity index (χ1v) is 12.2. The molecule has 1 aromatic heterocycles. The molecule has 5 rings (SSSR count). The molecule has 3 aromatic carbocycles. The Morgan fingerprint density at radius 3 is 2.38 bits per heavy atom. The lowest BCUT2D eigenvalue weighted by Gasteiger charge is -2.36. The van der Waals surface area contributed by atoms with Crippen LogP contribution in [0, 0.1) is 13.8 Å². The third kappa shape index (κ3) is 3.78. The fourth-order valence-corrected chi connectivity index (χ4v) is 5.71. The average Bonchev–Trinajstić information content (AvgIpc) is 3.25. The summed E-state index contributed by atoms with van der Waals surface area (Å²) in [6.45, 7) is 6.46. The van der Waals surface area contributed by atoms with Gasteiger partial charge in [0.1, 0.15) is 5.82 Å². The molecule has 164 valence electrons. The molecular weight excluding hydrogens is 420 g/mol. The van der Waals surface area contributed by atoms with E-state index >= 15 is 0 Å². The molecule has 32 heavy (non-hydrogen) atoms. The Labute approximate surface area is 188 Å². The molecule has 0 spiro atoms. The zero-order valence-electron chi connectivity index (χ0n) is 18.2. The molecule has 0 aliphatic carbocycles. The second-order valence-corrected chi connectivity index (χ2v) is 10.2. The molecule has 0 unspecified atom stereocenters. The van der Waals surface area contributed by atoms with Crippen LogP contribution in [-0.4, -0.2) is 48.9 Å². The van der Waals surface area contributed by atoms with E-state index in [1.54, 1.807) is 22.5 Å². The average molecular weight is 447 g/mol. The molecular formula is C25H26N4O2S. The van der Waals surface area contributed by atoms with Crippen molar-refractivity contribution in [3.8, 4) is 11.4 Å². The molecule has 4 aromatic rings. The van der Waals surface area contributed by atoms with Crippen LogP contribution in [0.4, 0.5) is 5.69 Å². The molecule has 2 heterocycles. The Hall–Kier alpha value is -3.16. The number of rotatable bonds is 4. The van der Waals surface area contributed by atoms with E-state index in [0.717, 1.165) is 22.4 Å². The highest BCUT2D eigenvalue weighted by Crippen LogP contribution is 2.27. The second kappa shape index (κ2) is 8.07. The molecule has 0 amide bonds. The highest BCUT2D eigenvalue weighted by molar-refractivity contribution is 7.89. The van der Waals surface area contributed by atoms with Crippen LogP contribution in [0.2, 0.25) is 0 Å². The summed E-state index contributed by atoms with van der Waals surface area (Å²) in [7, 11) is -3.57. The van der Waals surface area contributed by atoms with Crippen molar-refractivity contribution in [2.75, 3.05) is 31.1 Å². The van der Waals surface area contributed by atoms with Crippen LogP contribution in [0.3, 0.4) is 0 Å². The van der Waals surface area contributed by atoms with Gasteiger partial charge in [-0.3, -0.25) is 0 Å². The van der Waals surface area contributed by atoms with Crippen molar-refractivity contribution < 1.29 is 8.42 Å². The van der Waals surface area contributed by atoms with Gasteiger partial charge in [-0.05, 0) is 49.2 Å². The van der Waals surface area contributed by atoms with Crippen LogP contribution in [0.15, 0.2) is 71.6 Å². The zero-order chi connectivity index (χ0) is 22.3. The predicted molar refractivity (Wildman–Crippen MR) is 128 cm³/mol. The second-order valence-electron chi connectivity index (χ2n) is 8.31. The van der Waals surface area contributed by atoms with Crippen molar-refractivity contribution in [2.45, 2.75) is 18.7 Å². The number of fused-ring (bicyclic) bond motifs is 1. The van der Waals surface area contributed by atoms with E-state index in [-0.39, 0.29) is 0 Å². The number of aryl methyl sites for hydroxylation is 2. The minimum Gasteiger partial charge on any atom is -0.369 e. The Kier molecular flexibility index (Phi) is 5.23. The molecule has 0 bridgehead atoms. The van der Waals surface area contributed by atoms with Crippen LogP contribution >= 0.6 is 0 Å². The van der Waals surface area contributed by atoms with Gasteiger partial charge < -0.3 is 9.88 Å². The topological polar surface area (TPSA) is 69.3 Å². The quantitative estimate of drug-likeness (QED) is 0.506. The number of nitrogens with zero attached hydrogens (tertiary/aromatic N) is 3. The number of piperazine rings is 1. The van der Waals surface area contributed by atoms with Crippen molar-refractivity contribution >= 4 is 26.7 Å². The Balaban J connectivity index is 1.37. The lowest BCUT2D eigenvalue weighted by molar-refractivity contribution is 0.385. The normalized spacial score (nSPS) is 15.4. The maximum atomic E-state index is 13.3. The van der Waals surface area contributed by atoms with E-state index in [4.69, 9.17) is 0 Å². The summed E-state index contributed by atoms with van der Waals surface area (Å²) in [6, 6.07) is 21.4. The molecule has 6 nitrogen and oxygen atoms in total. The van der Waals surface area contributed by atoms with Crippen LogP contribution < -0.4 is 4.90 Å². The summed E-state index contributed by atoms with van der Waals surface area (Å²) in [5.41, 5.74) is 6.06. The molecule has 0 atom stereocenters. The standard InChI is InChI=1S/C25H26N4O2S/c1-18-8-9-19(2)24(16-18)28-12-14-29(15-13-28)32(30,31)21-10-11-22-23(17-21)27-25(26-22)20-6-4-3-5-7-20/h3-11,16-17H,12-15H2,1-2H3,(H,26,27). The van der Waals surface area contributed by atoms with Crippen molar-refractivity contribution in [1.82, 2.24) is 14.3 Å². The highest BCUT2D eigenvalue weighted by Gasteiger charge is 2.29. The molecule has 1 N–H and O–H groups in total. The number of nitrogens with one attached hydrogen (secondary N) is 1. The highest BCUT2D eigenvalue weighted by atomic mass is 32.2. The van der Waals surface area contributed by atoms with Gasteiger partial charge in [-0.2, -0.15) is 4.31 Å². The maximum absolute atomic E-state index is 13.3. The van der Waals surface area contributed by atoms with E-state index < -0.39 is 10.0 Å². The van der Waals surface area contributed by atoms with Gasteiger partial charge in [-0.1, -0.05) is 42.5 Å². The first-order valence-electron chi connectivity index (χ1n) is 10.8. The van der Waals surface area contributed by atoms with E-state index in [0.29, 0.717) is 31.1 Å². The number of hydrogen-bond donors (Lipinski definition) is 1. The smallest absolute Gasteiger partial charge is 0.243 e. The van der Waals surface area contributed by atoms with E-state index in [9.17, 15) is 8.42 Å². The molecule has 0 radical (unpaired) electrons. The fraction of sp³-hybridized carbons (Fsp3) is 0.240. The number of hydrogen-bond acceptors (Lipinski definition) is 4. The van der Waals surface area contributed by atoms with Gasteiger partial charge in [0.15, 0.2) is 0 Å². The summed E-state index contributed by atoms with van der Waals surface area (Å²) in [6.07, 6.45) is 0. The van der Waals surface area contributed by atoms with Gasteiger partial charge in [-0.25, -0.2) is 13.4 Å². The molecule has 0 saturated carbocycles. The summed E-state index contributed by atoms with van der Waals surface area (Å²) >= 11 is 0. The van der Waals surface area contributed by atoms with Gasteiger partial charge in [0.25, 0.3) is 0 Å².